The van der Waals surface area contributed by atoms with Crippen molar-refractivity contribution in [2.45, 2.75) is 25.1 Å². The fourth-order valence-electron chi connectivity index (χ4n) is 2.38. The van der Waals surface area contributed by atoms with Crippen LogP contribution in [0.25, 0.3) is 0 Å². The van der Waals surface area contributed by atoms with Gasteiger partial charge in [0, 0.05) is 19.2 Å². The highest BCUT2D eigenvalue weighted by atomic mass is 32.2. The standard InChI is InChI=1S/C17H17F4NO3S/c1-25-10-14-8-12(6-7-16(14)18)9-22-26(23,24)11-13-4-2-3-5-15(13)17(19,20)21/h2-8,22H,9-11H2,1H3. The van der Waals surface area contributed by atoms with E-state index < -0.39 is 33.3 Å². The predicted octanol–water partition coefficient (Wildman–Crippen LogP) is 3.61. The van der Waals surface area contributed by atoms with Gasteiger partial charge in [0.1, 0.15) is 5.82 Å². The van der Waals surface area contributed by atoms with Crippen LogP contribution in [0.3, 0.4) is 0 Å². The van der Waals surface area contributed by atoms with E-state index in [0.29, 0.717) is 5.56 Å². The largest absolute Gasteiger partial charge is 0.416 e. The number of sulfonamides is 1. The molecule has 0 saturated carbocycles. The van der Waals surface area contributed by atoms with E-state index in [-0.39, 0.29) is 24.3 Å². The maximum absolute atomic E-state index is 13.5. The lowest BCUT2D eigenvalue weighted by Gasteiger charge is -2.13. The number of halogens is 4. The highest BCUT2D eigenvalue weighted by Crippen LogP contribution is 2.32. The van der Waals surface area contributed by atoms with Gasteiger partial charge in [-0.05, 0) is 29.3 Å². The molecule has 0 unspecified atom stereocenters. The third-order valence-corrected chi connectivity index (χ3v) is 4.85. The molecule has 0 bridgehead atoms. The lowest BCUT2D eigenvalue weighted by Crippen LogP contribution is -2.26. The van der Waals surface area contributed by atoms with Crippen LogP contribution in [0.4, 0.5) is 17.6 Å². The molecule has 0 saturated heterocycles. The average Bonchev–Trinajstić information content (AvgIpc) is 2.55. The molecular formula is C17H17F4NO3S. The second kappa shape index (κ2) is 8.15. The van der Waals surface area contributed by atoms with Crippen LogP contribution in [0.1, 0.15) is 22.3 Å². The van der Waals surface area contributed by atoms with E-state index in [1.807, 2.05) is 0 Å². The van der Waals surface area contributed by atoms with Gasteiger partial charge in [0.05, 0.1) is 17.9 Å². The average molecular weight is 391 g/mol. The second-order valence-corrected chi connectivity index (χ2v) is 7.40. The molecule has 0 radical (unpaired) electrons. The van der Waals surface area contributed by atoms with Crippen LogP contribution in [0.15, 0.2) is 42.5 Å². The lowest BCUT2D eigenvalue weighted by atomic mass is 10.1. The summed E-state index contributed by atoms with van der Waals surface area (Å²) in [4.78, 5) is 0. The summed E-state index contributed by atoms with van der Waals surface area (Å²) in [7, 11) is -2.63. The third kappa shape index (κ3) is 5.52. The molecule has 0 aromatic heterocycles. The van der Waals surface area contributed by atoms with Crippen LogP contribution in [0, 0.1) is 5.82 Å². The Bertz CT molecular complexity index is 867. The molecule has 2 aromatic carbocycles. The molecule has 9 heteroatoms. The third-order valence-electron chi connectivity index (χ3n) is 3.57. The Morgan fingerprint density at radius 2 is 1.77 bits per heavy atom. The SMILES string of the molecule is COCc1cc(CNS(=O)(=O)Cc2ccccc2C(F)(F)F)ccc1F. The molecule has 4 nitrogen and oxygen atoms in total. The maximum Gasteiger partial charge on any atom is 0.416 e. The van der Waals surface area contributed by atoms with Crippen LogP contribution in [0.2, 0.25) is 0 Å². The van der Waals surface area contributed by atoms with Gasteiger partial charge in [-0.2, -0.15) is 13.2 Å². The van der Waals surface area contributed by atoms with Crippen LogP contribution in [-0.2, 0) is 39.8 Å². The highest BCUT2D eigenvalue weighted by molar-refractivity contribution is 7.88. The van der Waals surface area contributed by atoms with Crippen molar-refractivity contribution < 1.29 is 30.7 Å². The molecule has 0 aliphatic carbocycles. The molecule has 0 aliphatic heterocycles. The minimum atomic E-state index is -4.64. The van der Waals surface area contributed by atoms with Gasteiger partial charge < -0.3 is 4.74 Å². The summed E-state index contributed by atoms with van der Waals surface area (Å²) in [5.41, 5.74) is -0.612. The molecular weight excluding hydrogens is 374 g/mol. The van der Waals surface area contributed by atoms with Gasteiger partial charge in [-0.1, -0.05) is 24.3 Å². The zero-order valence-electron chi connectivity index (χ0n) is 13.8. The number of benzene rings is 2. The van der Waals surface area contributed by atoms with Crippen molar-refractivity contribution in [2.75, 3.05) is 7.11 Å². The van der Waals surface area contributed by atoms with E-state index in [2.05, 4.69) is 4.72 Å². The zero-order chi connectivity index (χ0) is 19.4. The summed E-state index contributed by atoms with van der Waals surface area (Å²) in [6, 6.07) is 8.50. The van der Waals surface area contributed by atoms with Crippen molar-refractivity contribution in [2.24, 2.45) is 0 Å². The lowest BCUT2D eigenvalue weighted by molar-refractivity contribution is -0.138. The monoisotopic (exact) mass is 391 g/mol. The van der Waals surface area contributed by atoms with Gasteiger partial charge >= 0.3 is 6.18 Å². The van der Waals surface area contributed by atoms with Crippen molar-refractivity contribution in [1.29, 1.82) is 0 Å². The van der Waals surface area contributed by atoms with Gasteiger partial charge in [-0.15, -0.1) is 0 Å². The Balaban J connectivity index is 2.12. The summed E-state index contributed by atoms with van der Waals surface area (Å²) in [6.07, 6.45) is -4.64. The number of hydrogen-bond donors (Lipinski definition) is 1. The molecule has 142 valence electrons. The van der Waals surface area contributed by atoms with E-state index >= 15 is 0 Å². The minimum Gasteiger partial charge on any atom is -0.380 e. The van der Waals surface area contributed by atoms with Crippen molar-refractivity contribution in [3.63, 3.8) is 0 Å². The Hall–Kier alpha value is -1.97. The van der Waals surface area contributed by atoms with Crippen LogP contribution in [-0.4, -0.2) is 15.5 Å². The van der Waals surface area contributed by atoms with Crippen LogP contribution in [0.5, 0.6) is 0 Å². The molecule has 0 aliphatic rings. The first-order valence-electron chi connectivity index (χ1n) is 7.51. The van der Waals surface area contributed by atoms with Gasteiger partial charge in [0.2, 0.25) is 10.0 Å². The first-order chi connectivity index (χ1) is 12.1. The Labute approximate surface area is 148 Å². The normalized spacial score (nSPS) is 12.3. The maximum atomic E-state index is 13.5. The molecule has 1 N–H and O–H groups in total. The number of nitrogens with one attached hydrogen (secondary N) is 1. The number of hydrogen-bond acceptors (Lipinski definition) is 3. The zero-order valence-corrected chi connectivity index (χ0v) is 14.6. The van der Waals surface area contributed by atoms with Gasteiger partial charge in [0.25, 0.3) is 0 Å². The van der Waals surface area contributed by atoms with Crippen LogP contribution >= 0.6 is 0 Å². The fraction of sp³-hybridized carbons (Fsp3) is 0.294. The van der Waals surface area contributed by atoms with E-state index in [4.69, 9.17) is 4.74 Å². The number of ether oxygens (including phenoxy) is 1. The Morgan fingerprint density at radius 1 is 1.08 bits per heavy atom. The Morgan fingerprint density at radius 3 is 2.42 bits per heavy atom. The number of alkyl halides is 3. The van der Waals surface area contributed by atoms with E-state index in [9.17, 15) is 26.0 Å². The molecule has 0 spiro atoms. The van der Waals surface area contributed by atoms with Gasteiger partial charge in [-0.3, -0.25) is 0 Å². The molecule has 0 amide bonds. The molecule has 26 heavy (non-hydrogen) atoms. The smallest absolute Gasteiger partial charge is 0.380 e. The van der Waals surface area contributed by atoms with Crippen molar-refractivity contribution in [3.8, 4) is 0 Å². The van der Waals surface area contributed by atoms with Crippen molar-refractivity contribution in [3.05, 3.63) is 70.5 Å². The first-order valence-corrected chi connectivity index (χ1v) is 9.16. The van der Waals surface area contributed by atoms with Crippen LogP contribution < -0.4 is 4.72 Å². The first kappa shape index (κ1) is 20.3. The molecule has 2 rings (SSSR count). The highest BCUT2D eigenvalue weighted by Gasteiger charge is 2.33. The molecule has 0 atom stereocenters. The van der Waals surface area contributed by atoms with Crippen molar-refractivity contribution >= 4 is 10.0 Å². The number of rotatable bonds is 7. The summed E-state index contributed by atoms with van der Waals surface area (Å²) in [6.45, 7) is -0.154. The van der Waals surface area contributed by atoms with E-state index in [1.165, 1.54) is 37.4 Å². The van der Waals surface area contributed by atoms with E-state index in [1.54, 1.807) is 0 Å². The van der Waals surface area contributed by atoms with Gasteiger partial charge in [-0.25, -0.2) is 17.5 Å². The summed E-state index contributed by atoms with van der Waals surface area (Å²) >= 11 is 0. The van der Waals surface area contributed by atoms with Crippen molar-refractivity contribution in [1.82, 2.24) is 4.72 Å². The second-order valence-electron chi connectivity index (χ2n) is 5.59. The molecule has 0 heterocycles. The molecule has 2 aromatic rings. The quantitative estimate of drug-likeness (QED) is 0.734. The molecule has 0 fully saturated rings. The minimum absolute atomic E-state index is 0.0192. The number of methoxy groups -OCH3 is 1. The van der Waals surface area contributed by atoms with E-state index in [0.717, 1.165) is 12.1 Å². The summed E-state index contributed by atoms with van der Waals surface area (Å²) < 4.78 is 83.8. The summed E-state index contributed by atoms with van der Waals surface area (Å²) in [5.74, 6) is -1.30. The summed E-state index contributed by atoms with van der Waals surface area (Å²) in [5, 5.41) is 0. The fourth-order valence-corrected chi connectivity index (χ4v) is 3.53. The Kier molecular flexibility index (Phi) is 6.38. The topological polar surface area (TPSA) is 55.4 Å². The van der Waals surface area contributed by atoms with Gasteiger partial charge in [0.15, 0.2) is 0 Å². The predicted molar refractivity (Wildman–Crippen MR) is 88.0 cm³/mol.